The van der Waals surface area contributed by atoms with Crippen LogP contribution < -0.4 is 14.7 Å². The number of nitrogens with zero attached hydrogens (tertiary/aromatic N) is 3. The van der Waals surface area contributed by atoms with Gasteiger partial charge in [0.1, 0.15) is 0 Å². The first-order chi connectivity index (χ1) is 25.3. The van der Waals surface area contributed by atoms with Gasteiger partial charge in [0, 0.05) is 46.2 Å². The van der Waals surface area contributed by atoms with Crippen LogP contribution in [0.25, 0.3) is 11.1 Å². The summed E-state index contributed by atoms with van der Waals surface area (Å²) in [7, 11) is 0. The van der Waals surface area contributed by atoms with Gasteiger partial charge in [-0.05, 0) is 88.5 Å². The minimum absolute atomic E-state index is 0.180. The lowest BCUT2D eigenvalue weighted by Crippen LogP contribution is -2.30. The molecule has 0 spiro atoms. The Hall–Kier alpha value is -6.24. The van der Waals surface area contributed by atoms with Crippen molar-refractivity contribution in [2.24, 2.45) is 0 Å². The van der Waals surface area contributed by atoms with Crippen molar-refractivity contribution in [2.75, 3.05) is 14.7 Å². The second-order valence-electron chi connectivity index (χ2n) is 14.3. The SMILES string of the molecule is c1ccc2c(c#1)N(c1cc(-c3ccc(N4c5ccccc5C5C=CC=CC54)cc3)cc(N3c4ccccc4C4C=CC=CC43)c1)C1C=CC=CC21. The molecule has 3 heterocycles. The molecule has 0 bridgehead atoms. The normalized spacial score (nSPS) is 25.3. The number of benzene rings is 4. The Labute approximate surface area is 299 Å². The van der Waals surface area contributed by atoms with E-state index in [-0.39, 0.29) is 24.0 Å². The van der Waals surface area contributed by atoms with Crippen molar-refractivity contribution in [1.29, 1.82) is 0 Å². The third-order valence-electron chi connectivity index (χ3n) is 11.7. The molecule has 6 aliphatic rings. The standard InChI is InChI=1S/C48H35N3/c1-7-19-43-37(13-1)38-14-2-8-20-44(38)49(43)34-27-25-32(26-28-34)33-29-35(50-45-21-9-3-15-39(45)40-16-4-10-22-46(40)50)31-36(30-33)51-47-23-11-5-17-41(47)42-18-6-12-24-48(42)51/h1-11,13-23,25-31,37,39,41,43,45,47H. The number of allylic oxidation sites excluding steroid dienone is 6. The molecule has 3 nitrogen and oxygen atoms in total. The smallest absolute Gasteiger partial charge is 0.0972 e. The molecule has 0 fully saturated rings. The monoisotopic (exact) mass is 653 g/mol. The lowest BCUT2D eigenvalue weighted by molar-refractivity contribution is 0.739. The van der Waals surface area contributed by atoms with Crippen LogP contribution in [0.4, 0.5) is 34.1 Å². The van der Waals surface area contributed by atoms with Gasteiger partial charge in [-0.2, -0.15) is 0 Å². The van der Waals surface area contributed by atoms with Gasteiger partial charge in [-0.15, -0.1) is 0 Å². The Bertz CT molecular complexity index is 2290. The van der Waals surface area contributed by atoms with Crippen molar-refractivity contribution in [3.63, 3.8) is 0 Å². The van der Waals surface area contributed by atoms with Gasteiger partial charge in [0.05, 0.1) is 23.8 Å². The highest BCUT2D eigenvalue weighted by atomic mass is 15.2. The number of fused-ring (bicyclic) bond motifs is 9. The summed E-state index contributed by atoms with van der Waals surface area (Å²) in [4.78, 5) is 7.54. The van der Waals surface area contributed by atoms with Gasteiger partial charge in [-0.1, -0.05) is 128 Å². The van der Waals surface area contributed by atoms with E-state index in [2.05, 4.69) is 197 Å². The minimum atomic E-state index is 0.180. The predicted molar refractivity (Wildman–Crippen MR) is 210 cm³/mol. The molecule has 6 atom stereocenters. The zero-order valence-electron chi connectivity index (χ0n) is 28.0. The lowest BCUT2D eigenvalue weighted by Gasteiger charge is -2.32. The van der Waals surface area contributed by atoms with Crippen LogP contribution >= 0.6 is 0 Å². The Kier molecular flexibility index (Phi) is 6.24. The summed E-state index contributed by atoms with van der Waals surface area (Å²) in [5.74, 6) is 0.965. The van der Waals surface area contributed by atoms with E-state index in [4.69, 9.17) is 0 Å². The Morgan fingerprint density at radius 1 is 0.412 bits per heavy atom. The summed E-state index contributed by atoms with van der Waals surface area (Å²) in [5, 5.41) is 0. The molecule has 6 unspecified atom stereocenters. The molecule has 5 aromatic carbocycles. The van der Waals surface area contributed by atoms with Crippen molar-refractivity contribution in [2.45, 2.75) is 35.9 Å². The number of anilines is 6. The molecule has 0 N–H and O–H groups in total. The summed E-state index contributed by atoms with van der Waals surface area (Å²) in [6.45, 7) is 0. The lowest BCUT2D eigenvalue weighted by atomic mass is 9.91. The van der Waals surface area contributed by atoms with Crippen LogP contribution in [0.5, 0.6) is 0 Å². The molecule has 0 radical (unpaired) electrons. The van der Waals surface area contributed by atoms with E-state index in [1.54, 1.807) is 0 Å². The highest BCUT2D eigenvalue weighted by Crippen LogP contribution is 2.52. The van der Waals surface area contributed by atoms with Gasteiger partial charge in [-0.3, -0.25) is 0 Å². The van der Waals surface area contributed by atoms with E-state index in [1.165, 1.54) is 56.3 Å². The van der Waals surface area contributed by atoms with E-state index < -0.39 is 0 Å². The fraction of sp³-hybridized carbons (Fsp3) is 0.125. The molecule has 0 amide bonds. The summed E-state index contributed by atoms with van der Waals surface area (Å²) >= 11 is 0. The van der Waals surface area contributed by atoms with Gasteiger partial charge in [0.15, 0.2) is 0 Å². The summed E-state index contributed by atoms with van der Waals surface area (Å²) in [5.41, 5.74) is 13.7. The Morgan fingerprint density at radius 2 is 0.922 bits per heavy atom. The van der Waals surface area contributed by atoms with Gasteiger partial charge < -0.3 is 14.7 Å². The van der Waals surface area contributed by atoms with E-state index in [9.17, 15) is 0 Å². The maximum Gasteiger partial charge on any atom is 0.0972 e. The highest BCUT2D eigenvalue weighted by molar-refractivity contribution is 5.86. The fourth-order valence-corrected chi connectivity index (χ4v) is 9.48. The summed E-state index contributed by atoms with van der Waals surface area (Å²) < 4.78 is 0. The van der Waals surface area contributed by atoms with E-state index >= 15 is 0 Å². The Morgan fingerprint density at radius 3 is 1.55 bits per heavy atom. The van der Waals surface area contributed by atoms with E-state index in [0.717, 1.165) is 5.69 Å². The van der Waals surface area contributed by atoms with E-state index in [0.29, 0.717) is 11.8 Å². The van der Waals surface area contributed by atoms with E-state index in [1.807, 2.05) is 6.07 Å². The van der Waals surface area contributed by atoms with Crippen molar-refractivity contribution >= 4 is 34.1 Å². The molecule has 5 aromatic rings. The molecule has 3 heteroatoms. The average Bonchev–Trinajstić information content (AvgIpc) is 3.84. The maximum absolute atomic E-state index is 3.52. The van der Waals surface area contributed by atoms with Crippen LogP contribution in [0.1, 0.15) is 34.4 Å². The number of hydrogen-bond acceptors (Lipinski definition) is 3. The minimum Gasteiger partial charge on any atom is -0.333 e. The second kappa shape index (κ2) is 11.1. The first-order valence-electron chi connectivity index (χ1n) is 18.1. The zero-order valence-corrected chi connectivity index (χ0v) is 28.0. The quantitative estimate of drug-likeness (QED) is 0.191. The molecule has 51 heavy (non-hydrogen) atoms. The molecule has 242 valence electrons. The molecule has 0 saturated heterocycles. The zero-order chi connectivity index (χ0) is 33.5. The highest BCUT2D eigenvalue weighted by Gasteiger charge is 2.41. The molecule has 3 aliphatic heterocycles. The number of rotatable bonds is 4. The second-order valence-corrected chi connectivity index (χ2v) is 14.3. The predicted octanol–water partition coefficient (Wildman–Crippen LogP) is 11.1. The first kappa shape index (κ1) is 28.6. The topological polar surface area (TPSA) is 9.72 Å². The van der Waals surface area contributed by atoms with Crippen molar-refractivity contribution in [3.05, 3.63) is 205 Å². The average molecular weight is 654 g/mol. The van der Waals surface area contributed by atoms with Gasteiger partial charge in [0.25, 0.3) is 0 Å². The molecule has 3 aliphatic carbocycles. The van der Waals surface area contributed by atoms with Crippen LogP contribution in [0.2, 0.25) is 0 Å². The van der Waals surface area contributed by atoms with Crippen LogP contribution in [0, 0.1) is 12.1 Å². The van der Waals surface area contributed by atoms with Crippen molar-refractivity contribution in [3.8, 4) is 11.1 Å². The molecule has 0 aromatic heterocycles. The third-order valence-corrected chi connectivity index (χ3v) is 11.7. The molecule has 0 saturated carbocycles. The Balaban J connectivity index is 1.06. The maximum atomic E-state index is 3.52. The molecular formula is C48H35N3. The largest absolute Gasteiger partial charge is 0.333 e. The number of hydrogen-bond donors (Lipinski definition) is 0. The van der Waals surface area contributed by atoms with Crippen molar-refractivity contribution in [1.82, 2.24) is 0 Å². The third kappa shape index (κ3) is 4.27. The van der Waals surface area contributed by atoms with Gasteiger partial charge in [-0.25, -0.2) is 0 Å². The molecule has 11 rings (SSSR count). The van der Waals surface area contributed by atoms with Gasteiger partial charge >= 0.3 is 0 Å². The first-order valence-corrected chi connectivity index (χ1v) is 18.1. The molecular weight excluding hydrogens is 619 g/mol. The van der Waals surface area contributed by atoms with Crippen molar-refractivity contribution < 1.29 is 0 Å². The number of para-hydroxylation sites is 2. The van der Waals surface area contributed by atoms with Gasteiger partial charge in [0.2, 0.25) is 0 Å². The fourth-order valence-electron chi connectivity index (χ4n) is 9.48. The van der Waals surface area contributed by atoms with Crippen LogP contribution in [-0.4, -0.2) is 18.1 Å². The van der Waals surface area contributed by atoms with Crippen LogP contribution in [-0.2, 0) is 0 Å². The summed E-state index contributed by atoms with van der Waals surface area (Å²) in [6.07, 6.45) is 27.2. The van der Waals surface area contributed by atoms with Crippen LogP contribution in [0.3, 0.4) is 0 Å². The van der Waals surface area contributed by atoms with Crippen LogP contribution in [0.15, 0.2) is 176 Å². The summed E-state index contributed by atoms with van der Waals surface area (Å²) in [6, 6.07) is 45.9.